The molecular weight excluding hydrogens is 332 g/mol. The molecule has 1 saturated carbocycles. The smallest absolute Gasteiger partial charge is 0.407 e. The molecule has 0 bridgehead atoms. The van der Waals surface area contributed by atoms with Gasteiger partial charge in [-0.15, -0.1) is 6.58 Å². The minimum atomic E-state index is -0.589. The van der Waals surface area contributed by atoms with Crippen LogP contribution in [-0.2, 0) is 14.3 Å². The Morgan fingerprint density at radius 1 is 1.38 bits per heavy atom. The molecule has 1 aliphatic heterocycles. The molecule has 2 rings (SSSR count). The SMILES string of the molecule is C=C[C@H]1[C@@H](C)[C@H]1N(C/C(C)=C/C)C(=O)[C@@H](NC(=O)OC)C1CCOCC1. The molecule has 6 heteroatoms. The molecule has 0 aromatic carbocycles. The Hall–Kier alpha value is -1.82. The van der Waals surface area contributed by atoms with Gasteiger partial charge in [-0.2, -0.15) is 0 Å². The van der Waals surface area contributed by atoms with Crippen molar-refractivity contribution in [1.82, 2.24) is 10.2 Å². The van der Waals surface area contributed by atoms with Gasteiger partial charge in [-0.05, 0) is 38.5 Å². The van der Waals surface area contributed by atoms with Crippen molar-refractivity contribution in [2.45, 2.75) is 45.7 Å². The second-order valence-corrected chi connectivity index (χ2v) is 7.33. The molecule has 0 aromatic heterocycles. The van der Waals surface area contributed by atoms with Crippen molar-refractivity contribution in [3.8, 4) is 0 Å². The van der Waals surface area contributed by atoms with Crippen molar-refractivity contribution in [3.05, 3.63) is 24.3 Å². The van der Waals surface area contributed by atoms with E-state index < -0.39 is 12.1 Å². The van der Waals surface area contributed by atoms with E-state index in [1.165, 1.54) is 7.11 Å². The summed E-state index contributed by atoms with van der Waals surface area (Å²) in [7, 11) is 1.32. The van der Waals surface area contributed by atoms with Crippen LogP contribution in [0.2, 0.25) is 0 Å². The Morgan fingerprint density at radius 3 is 2.54 bits per heavy atom. The fraction of sp³-hybridized carbons (Fsp3) is 0.700. The van der Waals surface area contributed by atoms with Gasteiger partial charge < -0.3 is 19.7 Å². The van der Waals surface area contributed by atoms with Crippen LogP contribution < -0.4 is 5.32 Å². The third-order valence-corrected chi connectivity index (χ3v) is 5.69. The summed E-state index contributed by atoms with van der Waals surface area (Å²) in [5.74, 6) is 0.705. The molecule has 2 aliphatic rings. The molecule has 2 amide bonds. The zero-order valence-electron chi connectivity index (χ0n) is 16.4. The number of hydrogen-bond acceptors (Lipinski definition) is 4. The van der Waals surface area contributed by atoms with E-state index >= 15 is 0 Å². The lowest BCUT2D eigenvalue weighted by Crippen LogP contribution is -2.54. The van der Waals surface area contributed by atoms with Crippen LogP contribution in [0.4, 0.5) is 4.79 Å². The van der Waals surface area contributed by atoms with E-state index in [1.54, 1.807) is 0 Å². The van der Waals surface area contributed by atoms with Gasteiger partial charge in [0.05, 0.1) is 7.11 Å². The summed E-state index contributed by atoms with van der Waals surface area (Å²) in [5, 5.41) is 2.79. The summed E-state index contributed by atoms with van der Waals surface area (Å²) < 4.78 is 10.2. The minimum absolute atomic E-state index is 0.0373. The van der Waals surface area contributed by atoms with Gasteiger partial charge in [-0.25, -0.2) is 4.79 Å². The van der Waals surface area contributed by atoms with E-state index in [0.29, 0.717) is 31.6 Å². The Bertz CT molecular complexity index is 554. The molecule has 1 heterocycles. The van der Waals surface area contributed by atoms with Gasteiger partial charge in [-0.1, -0.05) is 24.6 Å². The normalized spacial score (nSPS) is 27.4. The van der Waals surface area contributed by atoms with E-state index in [2.05, 4.69) is 18.8 Å². The number of methoxy groups -OCH3 is 1. The largest absolute Gasteiger partial charge is 0.453 e. The Kier molecular flexibility index (Phi) is 7.26. The number of allylic oxidation sites excluding steroid dienone is 1. The number of amides is 2. The maximum atomic E-state index is 13.5. The van der Waals surface area contributed by atoms with Crippen LogP contribution in [0.5, 0.6) is 0 Å². The van der Waals surface area contributed by atoms with E-state index in [9.17, 15) is 9.59 Å². The molecule has 4 atom stereocenters. The number of rotatable bonds is 7. The van der Waals surface area contributed by atoms with Crippen LogP contribution in [0.1, 0.15) is 33.6 Å². The van der Waals surface area contributed by atoms with Crippen molar-refractivity contribution in [2.75, 3.05) is 26.9 Å². The lowest BCUT2D eigenvalue weighted by Gasteiger charge is -2.34. The average Bonchev–Trinajstić information content (AvgIpc) is 3.32. The first-order valence-electron chi connectivity index (χ1n) is 9.41. The fourth-order valence-electron chi connectivity index (χ4n) is 3.80. The maximum Gasteiger partial charge on any atom is 0.407 e. The Balaban J connectivity index is 2.24. The van der Waals surface area contributed by atoms with Crippen LogP contribution in [0.15, 0.2) is 24.3 Å². The number of hydrogen-bond donors (Lipinski definition) is 1. The standard InChI is InChI=1S/C20H32N2O4/c1-6-13(3)12-22(18-14(4)16(18)7-2)19(23)17(21-20(24)25-5)15-8-10-26-11-9-15/h6-7,14-18H,2,8-12H2,1,3-5H3,(H,21,24)/b13-6+/t14-,16+,17+,18-/m1/s1. The molecule has 1 saturated heterocycles. The van der Waals surface area contributed by atoms with E-state index in [-0.39, 0.29) is 17.9 Å². The van der Waals surface area contributed by atoms with Crippen LogP contribution in [-0.4, -0.2) is 55.9 Å². The molecule has 1 aliphatic carbocycles. The number of carbonyl (C=O) groups excluding carboxylic acids is 2. The average molecular weight is 364 g/mol. The summed E-state index contributed by atoms with van der Waals surface area (Å²) in [4.78, 5) is 27.3. The quantitative estimate of drug-likeness (QED) is 0.706. The predicted molar refractivity (Wildman–Crippen MR) is 101 cm³/mol. The molecule has 0 aromatic rings. The monoisotopic (exact) mass is 364 g/mol. The second kappa shape index (κ2) is 9.21. The van der Waals surface area contributed by atoms with Crippen LogP contribution >= 0.6 is 0 Å². The third-order valence-electron chi connectivity index (χ3n) is 5.69. The zero-order valence-corrected chi connectivity index (χ0v) is 16.4. The van der Waals surface area contributed by atoms with Gasteiger partial charge in [-0.3, -0.25) is 4.79 Å². The van der Waals surface area contributed by atoms with Crippen molar-refractivity contribution in [3.63, 3.8) is 0 Å². The van der Waals surface area contributed by atoms with Gasteiger partial charge in [0.25, 0.3) is 0 Å². The Labute approximate surface area is 156 Å². The van der Waals surface area contributed by atoms with E-state index in [0.717, 1.165) is 18.4 Å². The first-order chi connectivity index (χ1) is 12.4. The highest BCUT2D eigenvalue weighted by atomic mass is 16.5. The minimum Gasteiger partial charge on any atom is -0.453 e. The van der Waals surface area contributed by atoms with Crippen molar-refractivity contribution < 1.29 is 19.1 Å². The number of carbonyl (C=O) groups is 2. The molecule has 2 fully saturated rings. The van der Waals surface area contributed by atoms with Crippen molar-refractivity contribution in [2.24, 2.45) is 17.8 Å². The molecule has 0 spiro atoms. The molecule has 0 unspecified atom stereocenters. The van der Waals surface area contributed by atoms with Crippen molar-refractivity contribution >= 4 is 12.0 Å². The highest BCUT2D eigenvalue weighted by Gasteiger charge is 2.51. The van der Waals surface area contributed by atoms with Gasteiger partial charge >= 0.3 is 6.09 Å². The first kappa shape index (κ1) is 20.5. The van der Waals surface area contributed by atoms with Gasteiger partial charge in [0.15, 0.2) is 0 Å². The highest BCUT2D eigenvalue weighted by molar-refractivity contribution is 5.87. The summed E-state index contributed by atoms with van der Waals surface area (Å²) >= 11 is 0. The lowest BCUT2D eigenvalue weighted by atomic mass is 9.90. The summed E-state index contributed by atoms with van der Waals surface area (Å²) in [6.07, 6.45) is 4.89. The fourth-order valence-corrected chi connectivity index (χ4v) is 3.80. The summed E-state index contributed by atoms with van der Waals surface area (Å²) in [6.45, 7) is 11.8. The van der Waals surface area contributed by atoms with Crippen LogP contribution in [0, 0.1) is 17.8 Å². The Morgan fingerprint density at radius 2 is 2.04 bits per heavy atom. The number of ether oxygens (including phenoxy) is 2. The van der Waals surface area contributed by atoms with E-state index in [1.807, 2.05) is 30.9 Å². The molecule has 26 heavy (non-hydrogen) atoms. The molecule has 0 radical (unpaired) electrons. The molecule has 6 nitrogen and oxygen atoms in total. The third kappa shape index (κ3) is 4.67. The van der Waals surface area contributed by atoms with Crippen molar-refractivity contribution in [1.29, 1.82) is 0 Å². The number of nitrogens with zero attached hydrogens (tertiary/aromatic N) is 1. The predicted octanol–water partition coefficient (Wildman–Crippen LogP) is 2.75. The number of nitrogens with one attached hydrogen (secondary N) is 1. The van der Waals surface area contributed by atoms with Crippen LogP contribution in [0.3, 0.4) is 0 Å². The second-order valence-electron chi connectivity index (χ2n) is 7.33. The van der Waals surface area contributed by atoms with Gasteiger partial charge in [0.1, 0.15) is 6.04 Å². The molecule has 1 N–H and O–H groups in total. The first-order valence-corrected chi connectivity index (χ1v) is 9.41. The summed E-state index contributed by atoms with van der Waals surface area (Å²) in [6, 6.07) is -0.453. The highest BCUT2D eigenvalue weighted by Crippen LogP contribution is 2.44. The van der Waals surface area contributed by atoms with Gasteiger partial charge in [0.2, 0.25) is 5.91 Å². The van der Waals surface area contributed by atoms with E-state index in [4.69, 9.17) is 9.47 Å². The molecular formula is C20H32N2O4. The zero-order chi connectivity index (χ0) is 19.3. The molecule has 146 valence electrons. The number of alkyl carbamates (subject to hydrolysis) is 1. The maximum absolute atomic E-state index is 13.5. The topological polar surface area (TPSA) is 67.9 Å². The van der Waals surface area contributed by atoms with Gasteiger partial charge in [0, 0.05) is 31.7 Å². The summed E-state index contributed by atoms with van der Waals surface area (Å²) in [5.41, 5.74) is 1.13. The van der Waals surface area contributed by atoms with Crippen LogP contribution in [0.25, 0.3) is 0 Å². The lowest BCUT2D eigenvalue weighted by molar-refractivity contribution is -0.136.